The minimum atomic E-state index is 0.339. The number of likely N-dealkylation sites (N-methyl/N-ethyl adjacent to an activating group) is 2. The summed E-state index contributed by atoms with van der Waals surface area (Å²) in [4.78, 5) is 6.96. The fraction of sp³-hybridized carbons (Fsp3) is 0.471. The third-order valence-electron chi connectivity index (χ3n) is 4.29. The van der Waals surface area contributed by atoms with E-state index in [0.717, 1.165) is 13.1 Å². The van der Waals surface area contributed by atoms with E-state index in [-0.39, 0.29) is 0 Å². The number of nitrogens with zero attached hydrogens (tertiary/aromatic N) is 2. The van der Waals surface area contributed by atoms with Crippen molar-refractivity contribution in [1.29, 1.82) is 0 Å². The molecule has 0 aliphatic carbocycles. The monoisotopic (exact) mass is 301 g/mol. The van der Waals surface area contributed by atoms with Gasteiger partial charge in [-0.25, -0.2) is 0 Å². The molecule has 2 aromatic rings. The van der Waals surface area contributed by atoms with Gasteiger partial charge in [0.15, 0.2) is 0 Å². The number of pyridine rings is 1. The van der Waals surface area contributed by atoms with E-state index in [1.54, 1.807) is 0 Å². The summed E-state index contributed by atoms with van der Waals surface area (Å²) in [5, 5.41) is 6.24. The molecule has 0 saturated carbocycles. The standard InChI is InChI=1S/C17H23N3S/c1-3-19-17(16-12-21-9-8-20(16)2)15-11-18-10-13-6-4-5-7-14(13)15/h4-7,10-11,16-17,19H,3,8-9,12H2,1-2H3. The van der Waals surface area contributed by atoms with Gasteiger partial charge in [0, 0.05) is 41.9 Å². The Hall–Kier alpha value is -1.10. The van der Waals surface area contributed by atoms with E-state index < -0.39 is 0 Å². The number of benzene rings is 1. The molecule has 1 N–H and O–H groups in total. The second kappa shape index (κ2) is 6.77. The summed E-state index contributed by atoms with van der Waals surface area (Å²) >= 11 is 2.06. The van der Waals surface area contributed by atoms with Crippen molar-refractivity contribution in [2.45, 2.75) is 19.0 Å². The Labute approximate surface area is 131 Å². The average Bonchev–Trinajstić information content (AvgIpc) is 2.53. The molecule has 2 atom stereocenters. The normalized spacial score (nSPS) is 21.5. The van der Waals surface area contributed by atoms with E-state index in [9.17, 15) is 0 Å². The Morgan fingerprint density at radius 1 is 1.38 bits per heavy atom. The molecule has 0 radical (unpaired) electrons. The van der Waals surface area contributed by atoms with Gasteiger partial charge in [-0.05, 0) is 24.5 Å². The van der Waals surface area contributed by atoms with Gasteiger partial charge in [0.2, 0.25) is 0 Å². The molecule has 0 spiro atoms. The molecule has 2 unspecified atom stereocenters. The summed E-state index contributed by atoms with van der Waals surface area (Å²) in [6.07, 6.45) is 4.00. The van der Waals surface area contributed by atoms with Crippen molar-refractivity contribution in [3.63, 3.8) is 0 Å². The summed E-state index contributed by atoms with van der Waals surface area (Å²) in [5.41, 5.74) is 1.33. The minimum absolute atomic E-state index is 0.339. The maximum Gasteiger partial charge on any atom is 0.0507 e. The number of thioether (sulfide) groups is 1. The van der Waals surface area contributed by atoms with Crippen LogP contribution in [0.2, 0.25) is 0 Å². The van der Waals surface area contributed by atoms with Crippen molar-refractivity contribution in [1.82, 2.24) is 15.2 Å². The first-order valence-electron chi connectivity index (χ1n) is 7.65. The maximum atomic E-state index is 4.47. The van der Waals surface area contributed by atoms with Crippen LogP contribution >= 0.6 is 11.8 Å². The zero-order valence-electron chi connectivity index (χ0n) is 12.7. The summed E-state index contributed by atoms with van der Waals surface area (Å²) in [6, 6.07) is 9.43. The van der Waals surface area contributed by atoms with Crippen LogP contribution in [0.15, 0.2) is 36.7 Å². The quantitative estimate of drug-likeness (QED) is 0.940. The summed E-state index contributed by atoms with van der Waals surface area (Å²) in [5.74, 6) is 2.41. The summed E-state index contributed by atoms with van der Waals surface area (Å²) in [7, 11) is 2.24. The molecule has 1 fully saturated rings. The second-order valence-corrected chi connectivity index (χ2v) is 6.76. The second-order valence-electron chi connectivity index (χ2n) is 5.61. The van der Waals surface area contributed by atoms with E-state index in [4.69, 9.17) is 0 Å². The number of nitrogens with one attached hydrogen (secondary N) is 1. The molecule has 0 amide bonds. The van der Waals surface area contributed by atoms with Gasteiger partial charge in [-0.1, -0.05) is 31.2 Å². The van der Waals surface area contributed by atoms with Gasteiger partial charge < -0.3 is 5.32 Å². The van der Waals surface area contributed by atoms with Crippen molar-refractivity contribution in [3.05, 3.63) is 42.2 Å². The molecule has 1 aromatic carbocycles. The zero-order valence-corrected chi connectivity index (χ0v) is 13.6. The van der Waals surface area contributed by atoms with Crippen LogP contribution < -0.4 is 5.32 Å². The molecule has 1 aliphatic rings. The van der Waals surface area contributed by atoms with Crippen molar-refractivity contribution >= 4 is 22.5 Å². The first kappa shape index (κ1) is 14.8. The minimum Gasteiger partial charge on any atom is -0.309 e. The third-order valence-corrected chi connectivity index (χ3v) is 5.33. The van der Waals surface area contributed by atoms with Gasteiger partial charge in [-0.2, -0.15) is 11.8 Å². The van der Waals surface area contributed by atoms with Gasteiger partial charge in [-0.3, -0.25) is 9.88 Å². The number of aromatic nitrogens is 1. The molecule has 1 aromatic heterocycles. The Balaban J connectivity index is 2.02. The fourth-order valence-electron chi connectivity index (χ4n) is 3.12. The molecular formula is C17H23N3S. The van der Waals surface area contributed by atoms with Crippen LogP contribution in [0.3, 0.4) is 0 Å². The predicted octanol–water partition coefficient (Wildman–Crippen LogP) is 2.93. The Morgan fingerprint density at radius 2 is 2.24 bits per heavy atom. The van der Waals surface area contributed by atoms with Crippen LogP contribution in [-0.4, -0.2) is 47.6 Å². The maximum absolute atomic E-state index is 4.47. The number of hydrogen-bond acceptors (Lipinski definition) is 4. The molecule has 2 heterocycles. The van der Waals surface area contributed by atoms with Crippen molar-refractivity contribution in [3.8, 4) is 0 Å². The van der Waals surface area contributed by atoms with Crippen molar-refractivity contribution in [2.75, 3.05) is 31.6 Å². The molecule has 0 bridgehead atoms. The lowest BCUT2D eigenvalue weighted by Crippen LogP contribution is -2.47. The first-order chi connectivity index (χ1) is 10.3. The topological polar surface area (TPSA) is 28.2 Å². The van der Waals surface area contributed by atoms with E-state index in [0.29, 0.717) is 12.1 Å². The van der Waals surface area contributed by atoms with Gasteiger partial charge in [0.05, 0.1) is 6.04 Å². The van der Waals surface area contributed by atoms with E-state index in [1.807, 2.05) is 12.4 Å². The molecule has 3 rings (SSSR count). The van der Waals surface area contributed by atoms with Crippen molar-refractivity contribution in [2.24, 2.45) is 0 Å². The number of fused-ring (bicyclic) bond motifs is 1. The number of rotatable bonds is 4. The van der Waals surface area contributed by atoms with Gasteiger partial charge in [0.1, 0.15) is 0 Å². The van der Waals surface area contributed by atoms with Gasteiger partial charge in [0.25, 0.3) is 0 Å². The molecular weight excluding hydrogens is 278 g/mol. The molecule has 21 heavy (non-hydrogen) atoms. The highest BCUT2D eigenvalue weighted by Gasteiger charge is 2.29. The zero-order chi connectivity index (χ0) is 14.7. The molecule has 3 nitrogen and oxygen atoms in total. The summed E-state index contributed by atoms with van der Waals surface area (Å²) < 4.78 is 0. The highest BCUT2D eigenvalue weighted by molar-refractivity contribution is 7.99. The smallest absolute Gasteiger partial charge is 0.0507 e. The fourth-order valence-corrected chi connectivity index (χ4v) is 4.39. The highest BCUT2D eigenvalue weighted by Crippen LogP contribution is 2.30. The lowest BCUT2D eigenvalue weighted by atomic mass is 9.95. The first-order valence-corrected chi connectivity index (χ1v) is 8.80. The van der Waals surface area contributed by atoms with Crippen molar-refractivity contribution < 1.29 is 0 Å². The van der Waals surface area contributed by atoms with E-state index in [2.05, 4.69) is 65.2 Å². The lowest BCUT2D eigenvalue weighted by Gasteiger charge is -2.38. The van der Waals surface area contributed by atoms with Crippen LogP contribution in [0.1, 0.15) is 18.5 Å². The largest absolute Gasteiger partial charge is 0.309 e. The van der Waals surface area contributed by atoms with E-state index >= 15 is 0 Å². The molecule has 1 saturated heterocycles. The van der Waals surface area contributed by atoms with Crippen LogP contribution in [0, 0.1) is 0 Å². The highest BCUT2D eigenvalue weighted by atomic mass is 32.2. The van der Waals surface area contributed by atoms with Gasteiger partial charge in [-0.15, -0.1) is 0 Å². The van der Waals surface area contributed by atoms with Gasteiger partial charge >= 0.3 is 0 Å². The Kier molecular flexibility index (Phi) is 4.78. The Morgan fingerprint density at radius 3 is 3.05 bits per heavy atom. The molecule has 112 valence electrons. The predicted molar refractivity (Wildman–Crippen MR) is 91.9 cm³/mol. The van der Waals surface area contributed by atoms with Crippen LogP contribution in [0.5, 0.6) is 0 Å². The average molecular weight is 301 g/mol. The van der Waals surface area contributed by atoms with Crippen LogP contribution in [0.4, 0.5) is 0 Å². The van der Waals surface area contributed by atoms with E-state index in [1.165, 1.54) is 27.8 Å². The van der Waals surface area contributed by atoms with Crippen LogP contribution in [-0.2, 0) is 0 Å². The Bertz CT molecular complexity index is 596. The molecule has 4 heteroatoms. The third kappa shape index (κ3) is 3.07. The summed E-state index contributed by atoms with van der Waals surface area (Å²) in [6.45, 7) is 4.32. The lowest BCUT2D eigenvalue weighted by molar-refractivity contribution is 0.217. The molecule has 1 aliphatic heterocycles. The van der Waals surface area contributed by atoms with Crippen LogP contribution in [0.25, 0.3) is 10.8 Å². The SMILES string of the molecule is CCNC(c1cncc2ccccc12)C1CSCCN1C. The number of hydrogen-bond donors (Lipinski definition) is 1.